The van der Waals surface area contributed by atoms with Crippen molar-refractivity contribution in [3.8, 4) is 28.0 Å². The molecule has 0 spiro atoms. The number of anilines is 1. The molecule has 5 aromatic rings. The van der Waals surface area contributed by atoms with Crippen LogP contribution < -0.4 is 14.2 Å². The number of ether oxygens (including phenoxy) is 1. The van der Waals surface area contributed by atoms with Gasteiger partial charge in [0.1, 0.15) is 5.75 Å². The van der Waals surface area contributed by atoms with E-state index in [9.17, 15) is 25.9 Å². The van der Waals surface area contributed by atoms with Crippen LogP contribution in [0.4, 0.5) is 5.69 Å². The molecule has 0 saturated carbocycles. The van der Waals surface area contributed by atoms with E-state index in [1.165, 1.54) is 0 Å². The Bertz CT molecular complexity index is 2210. The highest BCUT2D eigenvalue weighted by Gasteiger charge is 2.29. The van der Waals surface area contributed by atoms with Crippen LogP contribution in [-0.2, 0) is 26.8 Å². The highest BCUT2D eigenvalue weighted by atomic mass is 32.2. The molecule has 242 valence electrons. The van der Waals surface area contributed by atoms with Crippen molar-refractivity contribution in [3.05, 3.63) is 120 Å². The van der Waals surface area contributed by atoms with Gasteiger partial charge in [0.25, 0.3) is 25.8 Å². The minimum Gasteiger partial charge on any atom is -0.439 e. The zero-order chi connectivity index (χ0) is 33.2. The van der Waals surface area contributed by atoms with Gasteiger partial charge in [-0.25, -0.2) is 0 Å². The van der Waals surface area contributed by atoms with Gasteiger partial charge in [0, 0.05) is 18.7 Å². The first-order valence-corrected chi connectivity index (χ1v) is 18.2. The lowest BCUT2D eigenvalue weighted by atomic mass is 10.0. The number of aromatic nitrogens is 1. The van der Waals surface area contributed by atoms with Gasteiger partial charge in [0.2, 0.25) is 11.5 Å². The molecule has 0 unspecified atom stereocenters. The van der Waals surface area contributed by atoms with Crippen LogP contribution in [-0.4, -0.2) is 44.0 Å². The fraction of sp³-hybridized carbons (Fsp3) is 0.171. The molecule has 1 aliphatic heterocycles. The molecular formula is C35H33N2O8S2+. The summed E-state index contributed by atoms with van der Waals surface area (Å²) in [5, 5.41) is 0. The van der Waals surface area contributed by atoms with Crippen molar-refractivity contribution in [1.82, 2.24) is 0 Å². The van der Waals surface area contributed by atoms with E-state index in [2.05, 4.69) is 0 Å². The minimum absolute atomic E-state index is 0.0613. The number of rotatable bonds is 11. The van der Waals surface area contributed by atoms with E-state index in [0.717, 1.165) is 27.8 Å². The zero-order valence-corrected chi connectivity index (χ0v) is 27.1. The third-order valence-corrected chi connectivity index (χ3v) is 9.24. The minimum atomic E-state index is -4.27. The summed E-state index contributed by atoms with van der Waals surface area (Å²) in [6, 6.07) is 30.8. The summed E-state index contributed by atoms with van der Waals surface area (Å²) in [7, 11) is -8.54. The Morgan fingerprint density at radius 3 is 2.02 bits per heavy atom. The highest BCUT2D eigenvalue weighted by Crippen LogP contribution is 2.42. The summed E-state index contributed by atoms with van der Waals surface area (Å²) in [6.45, 7) is 1.81. The molecule has 2 heterocycles. The van der Waals surface area contributed by atoms with Crippen LogP contribution in [0.2, 0.25) is 0 Å². The summed E-state index contributed by atoms with van der Waals surface area (Å²) in [5.74, 6) is 0.207. The Morgan fingerprint density at radius 2 is 1.40 bits per heavy atom. The number of hydrogen-bond donors (Lipinski definition) is 2. The van der Waals surface area contributed by atoms with Crippen LogP contribution >= 0.6 is 0 Å². The molecule has 47 heavy (non-hydrogen) atoms. The van der Waals surface area contributed by atoms with Gasteiger partial charge < -0.3 is 14.1 Å². The Labute approximate surface area is 273 Å². The Kier molecular flexibility index (Phi) is 9.02. The number of oxazole rings is 1. The molecule has 0 saturated heterocycles. The number of hydrogen-bond acceptors (Lipinski definition) is 7. The second kappa shape index (κ2) is 13.2. The maximum Gasteiger partial charge on any atom is 0.374 e. The van der Waals surface area contributed by atoms with Gasteiger partial charge >= 0.3 is 5.89 Å². The maximum atomic E-state index is 11.8. The fourth-order valence-electron chi connectivity index (χ4n) is 5.47. The van der Waals surface area contributed by atoms with Crippen molar-refractivity contribution in [2.45, 2.75) is 19.9 Å². The second-order valence-electron chi connectivity index (χ2n) is 11.1. The van der Waals surface area contributed by atoms with Gasteiger partial charge in [-0.05, 0) is 52.4 Å². The summed E-state index contributed by atoms with van der Waals surface area (Å²) < 4.78 is 80.3. The summed E-state index contributed by atoms with van der Waals surface area (Å²) >= 11 is 0. The van der Waals surface area contributed by atoms with Crippen LogP contribution in [0.25, 0.3) is 39.4 Å². The molecule has 0 amide bonds. The molecule has 0 radical (unpaired) electrons. The molecule has 1 aliphatic rings. The molecular weight excluding hydrogens is 641 g/mol. The van der Waals surface area contributed by atoms with Crippen LogP contribution in [0.3, 0.4) is 0 Å². The molecule has 0 fully saturated rings. The van der Waals surface area contributed by atoms with Crippen LogP contribution in [0.1, 0.15) is 19.2 Å². The van der Waals surface area contributed by atoms with Gasteiger partial charge in [0.15, 0.2) is 12.3 Å². The molecule has 0 bridgehead atoms. The second-order valence-corrected chi connectivity index (χ2v) is 14.2. The Hall–Kier alpha value is -4.75. The van der Waals surface area contributed by atoms with Gasteiger partial charge in [-0.1, -0.05) is 79.7 Å². The molecule has 2 N–H and O–H groups in total. The Balaban J connectivity index is 1.42. The molecule has 10 nitrogen and oxygen atoms in total. The molecule has 1 aromatic heterocycles. The van der Waals surface area contributed by atoms with Gasteiger partial charge in [-0.3, -0.25) is 9.11 Å². The molecule has 12 heteroatoms. The Morgan fingerprint density at radius 1 is 0.787 bits per heavy atom. The number of nitrogens with zero attached hydrogens (tertiary/aromatic N) is 2. The van der Waals surface area contributed by atoms with Gasteiger partial charge in [-0.15, -0.1) is 0 Å². The zero-order valence-electron chi connectivity index (χ0n) is 25.5. The number of fused-ring (bicyclic) bond motifs is 2. The third-order valence-electron chi connectivity index (χ3n) is 7.85. The quantitative estimate of drug-likeness (QED) is 0.121. The summed E-state index contributed by atoms with van der Waals surface area (Å²) in [6.07, 6.45) is 4.04. The predicted octanol–water partition coefficient (Wildman–Crippen LogP) is 6.36. The first-order chi connectivity index (χ1) is 22.5. The lowest BCUT2D eigenvalue weighted by molar-refractivity contribution is -0.673. The predicted molar refractivity (Wildman–Crippen MR) is 181 cm³/mol. The van der Waals surface area contributed by atoms with Crippen molar-refractivity contribution < 1.29 is 39.7 Å². The lowest BCUT2D eigenvalue weighted by Crippen LogP contribution is -2.38. The van der Waals surface area contributed by atoms with Crippen molar-refractivity contribution in [2.75, 3.05) is 23.0 Å². The van der Waals surface area contributed by atoms with Gasteiger partial charge in [0.05, 0.1) is 17.5 Å². The van der Waals surface area contributed by atoms with Crippen molar-refractivity contribution in [2.24, 2.45) is 0 Å². The van der Waals surface area contributed by atoms with Crippen molar-refractivity contribution in [1.29, 1.82) is 0 Å². The molecule has 0 atom stereocenters. The van der Waals surface area contributed by atoms with Crippen LogP contribution in [0, 0.1) is 0 Å². The SMILES string of the molecule is CC/C(C=C1Oc2ccc(-c3ccccc3)cc2N1CCS(=O)(=O)O)=C\c1oc2ccc(-c3ccccc3)cc2[n+]1CCS(=O)(=O)O. The summed E-state index contributed by atoms with van der Waals surface area (Å²) in [5.41, 5.74) is 6.34. The average molecular weight is 674 g/mol. The topological polar surface area (TPSA) is 138 Å². The van der Waals surface area contributed by atoms with E-state index in [0.29, 0.717) is 40.7 Å². The first-order valence-electron chi connectivity index (χ1n) is 15.0. The molecule has 4 aromatic carbocycles. The largest absolute Gasteiger partial charge is 0.439 e. The average Bonchev–Trinajstić information content (AvgIpc) is 3.58. The van der Waals surface area contributed by atoms with Gasteiger partial charge in [-0.2, -0.15) is 21.4 Å². The van der Waals surface area contributed by atoms with E-state index in [1.807, 2.05) is 104 Å². The third kappa shape index (κ3) is 7.63. The first kappa shape index (κ1) is 32.2. The number of benzene rings is 4. The van der Waals surface area contributed by atoms with E-state index in [-0.39, 0.29) is 13.1 Å². The highest BCUT2D eigenvalue weighted by molar-refractivity contribution is 7.86. The maximum absolute atomic E-state index is 11.8. The normalized spacial score (nSPS) is 14.5. The van der Waals surface area contributed by atoms with E-state index in [4.69, 9.17) is 9.15 Å². The lowest BCUT2D eigenvalue weighted by Gasteiger charge is -2.18. The van der Waals surface area contributed by atoms with Crippen LogP contribution in [0.5, 0.6) is 5.75 Å². The van der Waals surface area contributed by atoms with E-state index >= 15 is 0 Å². The van der Waals surface area contributed by atoms with Crippen molar-refractivity contribution in [3.63, 3.8) is 0 Å². The smallest absolute Gasteiger partial charge is 0.374 e. The fourth-order valence-corrected chi connectivity index (χ4v) is 6.30. The standard InChI is InChI=1S/C35H32N2O8S2/c1-2-25(21-34-36(17-19-46(38,39)40)30-23-28(13-15-32(30)44-34)26-9-5-3-6-10-26)22-35-37(18-20-47(41,42)43)31-24-29(14-16-33(31)45-35)27-11-7-4-8-12-27/h3-16,21-24H,2,17-20H2,1H3,(H-,38,39,40,41,42,43)/p+1. The monoisotopic (exact) mass is 673 g/mol. The number of aryl methyl sites for hydroxylation is 1. The molecule has 6 rings (SSSR count). The van der Waals surface area contributed by atoms with E-state index in [1.54, 1.807) is 21.6 Å². The number of allylic oxidation sites excluding steroid dienone is 2. The molecule has 0 aliphatic carbocycles. The van der Waals surface area contributed by atoms with Crippen molar-refractivity contribution >= 4 is 43.1 Å². The van der Waals surface area contributed by atoms with E-state index < -0.39 is 31.7 Å². The van der Waals surface area contributed by atoms with Crippen LogP contribution in [0.15, 0.2) is 119 Å². The summed E-state index contributed by atoms with van der Waals surface area (Å²) in [4.78, 5) is 1.70.